The van der Waals surface area contributed by atoms with Gasteiger partial charge < -0.3 is 10.2 Å². The van der Waals surface area contributed by atoms with Crippen molar-refractivity contribution in [2.24, 2.45) is 27.6 Å². The normalized spacial score (nSPS) is 48.1. The zero-order chi connectivity index (χ0) is 23.5. The van der Waals surface area contributed by atoms with Crippen LogP contribution in [0.4, 0.5) is 0 Å². The highest BCUT2D eigenvalue weighted by atomic mass is 16.3. The summed E-state index contributed by atoms with van der Waals surface area (Å²) in [4.78, 5) is 25.3. The Bertz CT molecular complexity index is 1080. The fraction of sp³-hybridized carbons (Fsp3) is 0.643. The summed E-state index contributed by atoms with van der Waals surface area (Å²) in [6.07, 6.45) is 10.8. The fourth-order valence-corrected chi connectivity index (χ4v) is 8.32. The first kappa shape index (κ1) is 21.9. The lowest BCUT2D eigenvalue weighted by Gasteiger charge is -2.69. The first-order valence-electron chi connectivity index (χ1n) is 12.1. The minimum atomic E-state index is -1.25. The van der Waals surface area contributed by atoms with Crippen LogP contribution in [-0.2, 0) is 9.59 Å². The summed E-state index contributed by atoms with van der Waals surface area (Å²) in [6, 6.07) is 0. The van der Waals surface area contributed by atoms with Crippen molar-refractivity contribution in [1.29, 1.82) is 0 Å². The van der Waals surface area contributed by atoms with Crippen molar-refractivity contribution >= 4 is 11.6 Å². The highest BCUT2D eigenvalue weighted by Crippen LogP contribution is 2.74. The van der Waals surface area contributed by atoms with Gasteiger partial charge in [0.1, 0.15) is 5.60 Å². The molecule has 0 spiro atoms. The summed E-state index contributed by atoms with van der Waals surface area (Å²) in [5.74, 6) is -0.199. The van der Waals surface area contributed by atoms with E-state index in [4.69, 9.17) is 0 Å². The molecule has 4 nitrogen and oxygen atoms in total. The van der Waals surface area contributed by atoms with E-state index in [1.165, 1.54) is 5.57 Å². The van der Waals surface area contributed by atoms with Gasteiger partial charge >= 0.3 is 0 Å². The molecule has 5 rings (SSSR count). The molecule has 6 atom stereocenters. The molecule has 0 amide bonds. The molecule has 0 radical (unpaired) electrons. The Morgan fingerprint density at radius 3 is 2.34 bits per heavy atom. The van der Waals surface area contributed by atoms with Gasteiger partial charge in [-0.1, -0.05) is 45.4 Å². The molecule has 0 aliphatic heterocycles. The SMILES string of the molecule is CC1=C(O)C(=O)C=C2C1=CC=C1[C@@]2(C)CC[C@@]2(C)[C@@H]3C[C@](C)(O)C(=O)C[C@]3(C)CC[C@]12C. The number of carbonyl (C=O) groups is 2. The smallest absolute Gasteiger partial charge is 0.220 e. The predicted molar refractivity (Wildman–Crippen MR) is 124 cm³/mol. The summed E-state index contributed by atoms with van der Waals surface area (Å²) in [6.45, 7) is 12.8. The minimum Gasteiger partial charge on any atom is -0.504 e. The summed E-state index contributed by atoms with van der Waals surface area (Å²) in [7, 11) is 0. The average molecular weight is 437 g/mol. The zero-order valence-corrected chi connectivity index (χ0v) is 20.3. The van der Waals surface area contributed by atoms with Crippen LogP contribution in [0, 0.1) is 27.6 Å². The number of rotatable bonds is 0. The summed E-state index contributed by atoms with van der Waals surface area (Å²) >= 11 is 0. The minimum absolute atomic E-state index is 0.0125. The van der Waals surface area contributed by atoms with Crippen molar-refractivity contribution in [1.82, 2.24) is 0 Å². The largest absolute Gasteiger partial charge is 0.504 e. The standard InChI is InChI=1S/C28H36O4/c1-16-17-7-8-20-25(3,18(17)13-19(29)23(16)31)10-12-27(5)21-14-28(6,32)22(30)15-24(21,2)9-11-26(20,27)4/h7-8,13,21,31-32H,9-12,14-15H2,1-6H3/t21-,24+,25+,26-,27+,28+/m1/s1. The molecule has 4 heteroatoms. The molecule has 172 valence electrons. The van der Waals surface area contributed by atoms with E-state index in [-0.39, 0.29) is 44.9 Å². The van der Waals surface area contributed by atoms with Gasteiger partial charge in [-0.2, -0.15) is 0 Å². The third-order valence-electron chi connectivity index (χ3n) is 10.7. The maximum Gasteiger partial charge on any atom is 0.220 e. The van der Waals surface area contributed by atoms with Crippen molar-refractivity contribution in [2.45, 2.75) is 85.7 Å². The lowest BCUT2D eigenvalue weighted by Crippen LogP contribution is -2.64. The molecule has 0 saturated heterocycles. The Balaban J connectivity index is 1.66. The molecule has 2 N–H and O–H groups in total. The van der Waals surface area contributed by atoms with E-state index in [0.717, 1.165) is 36.8 Å². The molecule has 5 aliphatic rings. The van der Waals surface area contributed by atoms with Crippen LogP contribution in [0.3, 0.4) is 0 Å². The molecule has 0 unspecified atom stereocenters. The molecule has 0 aromatic rings. The second-order valence-corrected chi connectivity index (χ2v) is 12.4. The average Bonchev–Trinajstić information content (AvgIpc) is 2.71. The molecule has 3 saturated carbocycles. The Morgan fingerprint density at radius 2 is 1.66 bits per heavy atom. The monoisotopic (exact) mass is 436 g/mol. The number of Topliss-reactive ketones (excluding diaryl/α,β-unsaturated/α-hetero) is 1. The van der Waals surface area contributed by atoms with Crippen LogP contribution in [0.1, 0.15) is 80.1 Å². The Kier molecular flexibility index (Phi) is 4.20. The maximum atomic E-state index is 12.7. The third-order valence-corrected chi connectivity index (χ3v) is 10.7. The fourth-order valence-electron chi connectivity index (χ4n) is 8.32. The lowest BCUT2D eigenvalue weighted by molar-refractivity contribution is -0.184. The summed E-state index contributed by atoms with van der Waals surface area (Å²) < 4.78 is 0. The molecule has 32 heavy (non-hydrogen) atoms. The van der Waals surface area contributed by atoms with Crippen LogP contribution in [-0.4, -0.2) is 27.4 Å². The molecular weight excluding hydrogens is 400 g/mol. The van der Waals surface area contributed by atoms with Crippen LogP contribution in [0.2, 0.25) is 0 Å². The van der Waals surface area contributed by atoms with Gasteiger partial charge in [-0.15, -0.1) is 0 Å². The van der Waals surface area contributed by atoms with Crippen molar-refractivity contribution in [2.75, 3.05) is 0 Å². The van der Waals surface area contributed by atoms with Crippen LogP contribution in [0.25, 0.3) is 0 Å². The van der Waals surface area contributed by atoms with Gasteiger partial charge in [0.2, 0.25) is 5.78 Å². The first-order valence-corrected chi connectivity index (χ1v) is 12.1. The highest BCUT2D eigenvalue weighted by molar-refractivity contribution is 6.06. The number of allylic oxidation sites excluding steroid dienone is 7. The van der Waals surface area contributed by atoms with Crippen LogP contribution in [0.15, 0.2) is 46.3 Å². The van der Waals surface area contributed by atoms with Crippen LogP contribution < -0.4 is 0 Å². The molecule has 0 aromatic carbocycles. The number of aliphatic hydroxyl groups excluding tert-OH is 1. The molecule has 3 fully saturated rings. The van der Waals surface area contributed by atoms with Gasteiger partial charge in [0, 0.05) is 17.4 Å². The lowest BCUT2D eigenvalue weighted by atomic mass is 9.35. The predicted octanol–water partition coefficient (Wildman–Crippen LogP) is 5.54. The van der Waals surface area contributed by atoms with E-state index < -0.39 is 5.60 Å². The third kappa shape index (κ3) is 2.42. The summed E-state index contributed by atoms with van der Waals surface area (Å²) in [5, 5.41) is 21.2. The van der Waals surface area contributed by atoms with E-state index in [1.54, 1.807) is 13.0 Å². The van der Waals surface area contributed by atoms with E-state index in [1.807, 2.05) is 6.92 Å². The van der Waals surface area contributed by atoms with Crippen molar-refractivity contribution in [3.8, 4) is 0 Å². The van der Waals surface area contributed by atoms with Gasteiger partial charge in [0.05, 0.1) is 0 Å². The molecule has 0 heterocycles. The van der Waals surface area contributed by atoms with Gasteiger partial charge in [0.15, 0.2) is 11.5 Å². The molecule has 5 aliphatic carbocycles. The number of fused-ring (bicyclic) bond motifs is 7. The number of carbonyl (C=O) groups excluding carboxylic acids is 2. The second kappa shape index (κ2) is 6.14. The Morgan fingerprint density at radius 1 is 0.969 bits per heavy atom. The molecule has 0 bridgehead atoms. The Labute approximate surface area is 191 Å². The summed E-state index contributed by atoms with van der Waals surface area (Å²) in [5.41, 5.74) is 2.33. The second-order valence-electron chi connectivity index (χ2n) is 12.4. The molecule has 0 aromatic heterocycles. The van der Waals surface area contributed by atoms with E-state index in [2.05, 4.69) is 39.8 Å². The maximum absolute atomic E-state index is 12.7. The van der Waals surface area contributed by atoms with Gasteiger partial charge in [-0.25, -0.2) is 0 Å². The quantitative estimate of drug-likeness (QED) is 0.523. The van der Waals surface area contributed by atoms with Gasteiger partial charge in [-0.3, -0.25) is 9.59 Å². The first-order chi connectivity index (χ1) is 14.7. The van der Waals surface area contributed by atoms with E-state index in [9.17, 15) is 19.8 Å². The molecular formula is C28H36O4. The topological polar surface area (TPSA) is 74.6 Å². The van der Waals surface area contributed by atoms with Gasteiger partial charge in [-0.05, 0) is 85.3 Å². The van der Waals surface area contributed by atoms with Crippen molar-refractivity contribution in [3.63, 3.8) is 0 Å². The Hall–Kier alpha value is -1.94. The van der Waals surface area contributed by atoms with E-state index >= 15 is 0 Å². The highest BCUT2D eigenvalue weighted by Gasteiger charge is 2.67. The number of ketones is 2. The number of aliphatic hydroxyl groups is 2. The zero-order valence-electron chi connectivity index (χ0n) is 20.3. The van der Waals surface area contributed by atoms with Crippen molar-refractivity contribution in [3.05, 3.63) is 46.3 Å². The van der Waals surface area contributed by atoms with E-state index in [0.29, 0.717) is 18.4 Å². The van der Waals surface area contributed by atoms with Crippen molar-refractivity contribution < 1.29 is 19.8 Å². The number of hydrogen-bond donors (Lipinski definition) is 2. The van der Waals surface area contributed by atoms with Crippen LogP contribution >= 0.6 is 0 Å². The van der Waals surface area contributed by atoms with Crippen LogP contribution in [0.5, 0.6) is 0 Å². The number of hydrogen-bond acceptors (Lipinski definition) is 4. The van der Waals surface area contributed by atoms with Gasteiger partial charge in [0.25, 0.3) is 0 Å².